The number of halogens is 1. The van der Waals surface area contributed by atoms with Gasteiger partial charge in [-0.2, -0.15) is 4.94 Å². The van der Waals surface area contributed by atoms with Gasteiger partial charge in [0.1, 0.15) is 6.61 Å². The highest BCUT2D eigenvalue weighted by atomic mass is 19.3. The Labute approximate surface area is 48.0 Å². The first-order valence-corrected chi connectivity index (χ1v) is 2.85. The van der Waals surface area contributed by atoms with E-state index in [9.17, 15) is 4.53 Å². The molecule has 0 radical (unpaired) electrons. The second kappa shape index (κ2) is 2.82. The van der Waals surface area contributed by atoms with Crippen molar-refractivity contribution < 1.29 is 9.47 Å². The van der Waals surface area contributed by atoms with Crippen LogP contribution in [-0.2, 0) is 4.94 Å². The lowest BCUT2D eigenvalue weighted by Gasteiger charge is -1.91. The Balaban J connectivity index is 2.23. The van der Waals surface area contributed by atoms with Gasteiger partial charge in [-0.1, -0.05) is 6.08 Å². The molecule has 0 aromatic rings. The topological polar surface area (TPSA) is 9.23 Å². The molecule has 0 aromatic heterocycles. The van der Waals surface area contributed by atoms with Gasteiger partial charge in [-0.3, -0.25) is 0 Å². The normalized spacial score (nSPS) is 18.9. The standard InChI is InChI=1S/C6H9FO/c7-8-5-6-3-1-2-4-6/h3H,1-2,4-5H2. The van der Waals surface area contributed by atoms with Crippen molar-refractivity contribution in [3.05, 3.63) is 11.6 Å². The van der Waals surface area contributed by atoms with Crippen molar-refractivity contribution in [1.29, 1.82) is 0 Å². The van der Waals surface area contributed by atoms with Crippen LogP contribution in [0, 0.1) is 0 Å². The molecule has 1 aliphatic carbocycles. The van der Waals surface area contributed by atoms with E-state index in [2.05, 4.69) is 4.94 Å². The summed E-state index contributed by atoms with van der Waals surface area (Å²) in [5.41, 5.74) is 1.10. The first-order chi connectivity index (χ1) is 3.93. The Morgan fingerprint density at radius 3 is 3.12 bits per heavy atom. The minimum Gasteiger partial charge on any atom is -0.190 e. The summed E-state index contributed by atoms with van der Waals surface area (Å²) in [6.45, 7) is 0.181. The maximum atomic E-state index is 11.1. The molecule has 1 aliphatic rings. The summed E-state index contributed by atoms with van der Waals surface area (Å²) in [7, 11) is 0. The van der Waals surface area contributed by atoms with Crippen LogP contribution in [-0.4, -0.2) is 6.61 Å². The van der Waals surface area contributed by atoms with Crippen LogP contribution < -0.4 is 0 Å². The van der Waals surface area contributed by atoms with E-state index in [1.54, 1.807) is 0 Å². The summed E-state index contributed by atoms with van der Waals surface area (Å²) in [6.07, 6.45) is 5.32. The predicted molar refractivity (Wildman–Crippen MR) is 29.0 cm³/mol. The van der Waals surface area contributed by atoms with Crippen molar-refractivity contribution in [2.75, 3.05) is 6.61 Å². The van der Waals surface area contributed by atoms with Crippen LogP contribution in [0.15, 0.2) is 11.6 Å². The summed E-state index contributed by atoms with van der Waals surface area (Å²) in [5, 5.41) is 0. The number of allylic oxidation sites excluding steroid dienone is 1. The number of hydrogen-bond donors (Lipinski definition) is 0. The van der Waals surface area contributed by atoms with E-state index < -0.39 is 0 Å². The average Bonchev–Trinajstić information content (AvgIpc) is 2.19. The molecule has 1 rings (SSSR count). The van der Waals surface area contributed by atoms with Crippen LogP contribution in [0.2, 0.25) is 0 Å². The third-order valence-corrected chi connectivity index (χ3v) is 1.37. The highest BCUT2D eigenvalue weighted by Gasteiger charge is 2.02. The van der Waals surface area contributed by atoms with Crippen LogP contribution in [0.4, 0.5) is 4.53 Å². The molecular weight excluding hydrogens is 107 g/mol. The van der Waals surface area contributed by atoms with Crippen LogP contribution >= 0.6 is 0 Å². The molecule has 8 heavy (non-hydrogen) atoms. The first-order valence-electron chi connectivity index (χ1n) is 2.85. The predicted octanol–water partition coefficient (Wildman–Crippen LogP) is 2.00. The second-order valence-corrected chi connectivity index (χ2v) is 2.01. The van der Waals surface area contributed by atoms with E-state index in [1.165, 1.54) is 6.42 Å². The molecule has 46 valence electrons. The van der Waals surface area contributed by atoms with Crippen molar-refractivity contribution in [3.8, 4) is 0 Å². The Bertz CT molecular complexity index is 98.7. The number of rotatable bonds is 2. The maximum Gasteiger partial charge on any atom is 0.109 e. The van der Waals surface area contributed by atoms with Gasteiger partial charge in [0.25, 0.3) is 0 Å². The molecule has 2 heteroatoms. The van der Waals surface area contributed by atoms with Crippen LogP contribution in [0.1, 0.15) is 19.3 Å². The molecule has 0 amide bonds. The van der Waals surface area contributed by atoms with E-state index in [-0.39, 0.29) is 6.61 Å². The fourth-order valence-electron chi connectivity index (χ4n) is 0.939. The third-order valence-electron chi connectivity index (χ3n) is 1.37. The lowest BCUT2D eigenvalue weighted by molar-refractivity contribution is -0.121. The minimum absolute atomic E-state index is 0.181. The number of hydrogen-bond acceptors (Lipinski definition) is 1. The molecule has 0 spiro atoms. The van der Waals surface area contributed by atoms with Gasteiger partial charge in [0.2, 0.25) is 0 Å². The zero-order chi connectivity index (χ0) is 5.82. The largest absolute Gasteiger partial charge is 0.190 e. The van der Waals surface area contributed by atoms with Gasteiger partial charge in [0, 0.05) is 0 Å². The van der Waals surface area contributed by atoms with E-state index in [1.807, 2.05) is 6.08 Å². The van der Waals surface area contributed by atoms with E-state index in [0.29, 0.717) is 0 Å². The summed E-state index contributed by atoms with van der Waals surface area (Å²) in [4.78, 5) is 3.46. The van der Waals surface area contributed by atoms with Gasteiger partial charge in [0.15, 0.2) is 0 Å². The smallest absolute Gasteiger partial charge is 0.109 e. The molecule has 1 nitrogen and oxygen atoms in total. The van der Waals surface area contributed by atoms with Crippen molar-refractivity contribution in [2.45, 2.75) is 19.3 Å². The quantitative estimate of drug-likeness (QED) is 0.501. The molecule has 0 bridgehead atoms. The molecule has 0 aliphatic heterocycles. The molecule has 0 unspecified atom stereocenters. The van der Waals surface area contributed by atoms with Crippen LogP contribution in [0.3, 0.4) is 0 Å². The summed E-state index contributed by atoms with van der Waals surface area (Å²) in [5.74, 6) is 0. The zero-order valence-electron chi connectivity index (χ0n) is 4.69. The van der Waals surface area contributed by atoms with Crippen LogP contribution in [0.25, 0.3) is 0 Å². The molecule has 0 saturated heterocycles. The van der Waals surface area contributed by atoms with Crippen molar-refractivity contribution >= 4 is 0 Å². The fraction of sp³-hybridized carbons (Fsp3) is 0.667. The van der Waals surface area contributed by atoms with E-state index in [0.717, 1.165) is 18.4 Å². The minimum atomic E-state index is 0.181. The van der Waals surface area contributed by atoms with Gasteiger partial charge in [-0.15, -0.1) is 0 Å². The highest BCUT2D eigenvalue weighted by Crippen LogP contribution is 2.17. The highest BCUT2D eigenvalue weighted by molar-refractivity contribution is 5.07. The summed E-state index contributed by atoms with van der Waals surface area (Å²) < 4.78 is 11.1. The van der Waals surface area contributed by atoms with E-state index in [4.69, 9.17) is 0 Å². The van der Waals surface area contributed by atoms with E-state index >= 15 is 0 Å². The second-order valence-electron chi connectivity index (χ2n) is 2.01. The Morgan fingerprint density at radius 1 is 1.75 bits per heavy atom. The lowest BCUT2D eigenvalue weighted by atomic mass is 10.2. The van der Waals surface area contributed by atoms with Gasteiger partial charge in [-0.25, -0.2) is 0 Å². The van der Waals surface area contributed by atoms with Crippen LogP contribution in [0.5, 0.6) is 0 Å². The summed E-state index contributed by atoms with van der Waals surface area (Å²) >= 11 is 0. The summed E-state index contributed by atoms with van der Waals surface area (Å²) in [6, 6.07) is 0. The first kappa shape index (κ1) is 5.76. The Kier molecular flexibility index (Phi) is 2.03. The molecular formula is C6H9FO. The molecule has 0 N–H and O–H groups in total. The van der Waals surface area contributed by atoms with Crippen molar-refractivity contribution in [3.63, 3.8) is 0 Å². The fourth-order valence-corrected chi connectivity index (χ4v) is 0.939. The maximum absolute atomic E-state index is 11.1. The molecule has 0 atom stereocenters. The molecule has 0 saturated carbocycles. The molecule has 0 heterocycles. The van der Waals surface area contributed by atoms with Gasteiger partial charge in [0.05, 0.1) is 0 Å². The van der Waals surface area contributed by atoms with Crippen molar-refractivity contribution in [2.24, 2.45) is 0 Å². The monoisotopic (exact) mass is 116 g/mol. The third kappa shape index (κ3) is 1.30. The lowest BCUT2D eigenvalue weighted by Crippen LogP contribution is -1.86. The van der Waals surface area contributed by atoms with Gasteiger partial charge in [-0.05, 0) is 29.4 Å². The zero-order valence-corrected chi connectivity index (χ0v) is 4.69. The molecule has 0 aromatic carbocycles. The van der Waals surface area contributed by atoms with Crippen molar-refractivity contribution in [1.82, 2.24) is 0 Å². The Morgan fingerprint density at radius 2 is 2.62 bits per heavy atom. The average molecular weight is 116 g/mol. The van der Waals surface area contributed by atoms with Gasteiger partial charge < -0.3 is 0 Å². The van der Waals surface area contributed by atoms with Gasteiger partial charge >= 0.3 is 0 Å². The molecule has 0 fully saturated rings. The Hall–Kier alpha value is -0.370. The SMILES string of the molecule is FOCC1=CCCC1.